The third kappa shape index (κ3) is 1.59. The molecule has 0 aliphatic heterocycles. The number of aromatic nitrogens is 1. The number of carbonyl (C=O) groups excluding carboxylic acids is 1. The summed E-state index contributed by atoms with van der Waals surface area (Å²) in [6.45, 7) is 0. The fourth-order valence-electron chi connectivity index (χ4n) is 1.51. The van der Waals surface area contributed by atoms with E-state index in [2.05, 4.69) is 4.98 Å². The van der Waals surface area contributed by atoms with E-state index in [4.69, 9.17) is 5.11 Å². The summed E-state index contributed by atoms with van der Waals surface area (Å²) in [5.74, 6) is 0. The minimum atomic E-state index is 0.258. The minimum Gasteiger partial charge on any atom is -0.515 e. The smallest absolute Gasteiger partial charge is 0.153 e. The maximum absolute atomic E-state index is 10.7. The molecule has 0 saturated carbocycles. The Kier molecular flexibility index (Phi) is 2.46. The highest BCUT2D eigenvalue weighted by Crippen LogP contribution is 2.21. The van der Waals surface area contributed by atoms with Crippen molar-refractivity contribution < 1.29 is 9.90 Å². The van der Waals surface area contributed by atoms with Gasteiger partial charge in [-0.05, 0) is 17.7 Å². The lowest BCUT2D eigenvalue weighted by Crippen LogP contribution is -1.89. The van der Waals surface area contributed by atoms with Gasteiger partial charge < -0.3 is 5.11 Å². The molecule has 2 aromatic rings. The number of aliphatic hydroxyl groups excluding tert-OH is 1. The number of benzene rings is 1. The van der Waals surface area contributed by atoms with Crippen LogP contribution in [0, 0.1) is 0 Å². The first-order chi connectivity index (χ1) is 7.36. The maximum atomic E-state index is 10.7. The van der Waals surface area contributed by atoms with Crippen molar-refractivity contribution in [3.63, 3.8) is 0 Å². The van der Waals surface area contributed by atoms with E-state index < -0.39 is 0 Å². The summed E-state index contributed by atoms with van der Waals surface area (Å²) in [5.41, 5.74) is 1.75. The predicted molar refractivity (Wildman–Crippen MR) is 58.4 cm³/mol. The van der Waals surface area contributed by atoms with Crippen LogP contribution in [0.2, 0.25) is 0 Å². The van der Waals surface area contributed by atoms with Gasteiger partial charge in [-0.2, -0.15) is 0 Å². The SMILES string of the molecule is O=CC(=CO)c1ccnc2ccccc12. The highest BCUT2D eigenvalue weighted by Gasteiger charge is 2.05. The highest BCUT2D eigenvalue weighted by atomic mass is 16.2. The van der Waals surface area contributed by atoms with E-state index in [0.717, 1.165) is 17.2 Å². The van der Waals surface area contributed by atoms with Crippen LogP contribution in [0.4, 0.5) is 0 Å². The number of fused-ring (bicyclic) bond motifs is 1. The molecule has 1 aromatic heterocycles. The van der Waals surface area contributed by atoms with Gasteiger partial charge >= 0.3 is 0 Å². The van der Waals surface area contributed by atoms with Crippen molar-refractivity contribution >= 4 is 22.8 Å². The van der Waals surface area contributed by atoms with Gasteiger partial charge in [-0.15, -0.1) is 0 Å². The number of carbonyl (C=O) groups is 1. The molecular formula is C12H9NO2. The fourth-order valence-corrected chi connectivity index (χ4v) is 1.51. The number of hydrogen-bond donors (Lipinski definition) is 1. The molecule has 1 heterocycles. The Bertz CT molecular complexity index is 527. The molecule has 0 aliphatic carbocycles. The van der Waals surface area contributed by atoms with Crippen molar-refractivity contribution in [2.75, 3.05) is 0 Å². The zero-order valence-corrected chi connectivity index (χ0v) is 7.92. The van der Waals surface area contributed by atoms with E-state index in [1.807, 2.05) is 24.3 Å². The van der Waals surface area contributed by atoms with Gasteiger partial charge in [-0.25, -0.2) is 0 Å². The molecule has 2 rings (SSSR count). The number of pyridine rings is 1. The van der Waals surface area contributed by atoms with Crippen molar-refractivity contribution in [2.45, 2.75) is 0 Å². The molecule has 0 bridgehead atoms. The molecule has 0 saturated heterocycles. The van der Waals surface area contributed by atoms with Crippen molar-refractivity contribution in [3.05, 3.63) is 48.4 Å². The van der Waals surface area contributed by atoms with Crippen molar-refractivity contribution in [2.24, 2.45) is 0 Å². The zero-order chi connectivity index (χ0) is 10.7. The van der Waals surface area contributed by atoms with Gasteiger partial charge in [-0.1, -0.05) is 18.2 Å². The number of rotatable bonds is 2. The second-order valence-electron chi connectivity index (χ2n) is 3.08. The van der Waals surface area contributed by atoms with Gasteiger partial charge in [0.25, 0.3) is 0 Å². The number of allylic oxidation sites excluding steroid dienone is 1. The summed E-state index contributed by atoms with van der Waals surface area (Å²) in [6, 6.07) is 9.18. The van der Waals surface area contributed by atoms with Crippen LogP contribution in [0.25, 0.3) is 16.5 Å². The zero-order valence-electron chi connectivity index (χ0n) is 7.92. The molecule has 0 aliphatic rings. The summed E-state index contributed by atoms with van der Waals surface area (Å²) >= 11 is 0. The number of aldehydes is 1. The second-order valence-corrected chi connectivity index (χ2v) is 3.08. The molecule has 3 nitrogen and oxygen atoms in total. The van der Waals surface area contributed by atoms with Gasteiger partial charge in [0, 0.05) is 11.6 Å². The van der Waals surface area contributed by atoms with E-state index in [1.54, 1.807) is 12.3 Å². The molecule has 3 heteroatoms. The number of hydrogen-bond acceptors (Lipinski definition) is 3. The molecule has 0 radical (unpaired) electrons. The first kappa shape index (κ1) is 9.40. The van der Waals surface area contributed by atoms with Crippen LogP contribution in [-0.4, -0.2) is 16.4 Å². The van der Waals surface area contributed by atoms with E-state index in [0.29, 0.717) is 11.8 Å². The minimum absolute atomic E-state index is 0.258. The monoisotopic (exact) mass is 199 g/mol. The molecule has 1 aromatic carbocycles. The van der Waals surface area contributed by atoms with Gasteiger partial charge in [0.2, 0.25) is 0 Å². The van der Waals surface area contributed by atoms with Gasteiger partial charge in [-0.3, -0.25) is 9.78 Å². The summed E-state index contributed by atoms with van der Waals surface area (Å²) in [6.07, 6.45) is 3.06. The number of para-hydroxylation sites is 1. The van der Waals surface area contributed by atoms with E-state index >= 15 is 0 Å². The van der Waals surface area contributed by atoms with Gasteiger partial charge in [0.1, 0.15) is 0 Å². The topological polar surface area (TPSA) is 50.2 Å². The van der Waals surface area contributed by atoms with Gasteiger partial charge in [0.15, 0.2) is 6.29 Å². The summed E-state index contributed by atoms with van der Waals surface area (Å²) < 4.78 is 0. The normalized spacial score (nSPS) is 11.6. The summed E-state index contributed by atoms with van der Waals surface area (Å²) in [4.78, 5) is 14.9. The summed E-state index contributed by atoms with van der Waals surface area (Å²) in [7, 11) is 0. The van der Waals surface area contributed by atoms with Gasteiger partial charge in [0.05, 0.1) is 17.4 Å². The Morgan fingerprint density at radius 1 is 1.27 bits per heavy atom. The number of nitrogens with zero attached hydrogens (tertiary/aromatic N) is 1. The molecule has 1 N–H and O–H groups in total. The van der Waals surface area contributed by atoms with Crippen LogP contribution in [0.1, 0.15) is 5.56 Å². The Balaban J connectivity index is 2.76. The lowest BCUT2D eigenvalue weighted by molar-refractivity contribution is -0.103. The third-order valence-electron chi connectivity index (χ3n) is 2.23. The third-order valence-corrected chi connectivity index (χ3v) is 2.23. The average Bonchev–Trinajstić information content (AvgIpc) is 2.31. The first-order valence-electron chi connectivity index (χ1n) is 4.50. The van der Waals surface area contributed by atoms with Crippen molar-refractivity contribution in [1.29, 1.82) is 0 Å². The Morgan fingerprint density at radius 2 is 2.07 bits per heavy atom. The molecule has 74 valence electrons. The maximum Gasteiger partial charge on any atom is 0.153 e. The molecular weight excluding hydrogens is 190 g/mol. The first-order valence-corrected chi connectivity index (χ1v) is 4.50. The molecule has 0 fully saturated rings. The van der Waals surface area contributed by atoms with Crippen molar-refractivity contribution in [1.82, 2.24) is 4.98 Å². The second kappa shape index (κ2) is 3.92. The Morgan fingerprint density at radius 3 is 2.80 bits per heavy atom. The largest absolute Gasteiger partial charge is 0.515 e. The van der Waals surface area contributed by atoms with Crippen molar-refractivity contribution in [3.8, 4) is 0 Å². The van der Waals surface area contributed by atoms with Crippen LogP contribution in [0.3, 0.4) is 0 Å². The quantitative estimate of drug-likeness (QED) is 0.458. The number of aliphatic hydroxyl groups is 1. The van der Waals surface area contributed by atoms with Crippen LogP contribution in [0.15, 0.2) is 42.8 Å². The van der Waals surface area contributed by atoms with E-state index in [-0.39, 0.29) is 5.57 Å². The summed E-state index contributed by atoms with van der Waals surface area (Å²) in [5, 5.41) is 9.78. The standard InChI is InChI=1S/C12H9NO2/c14-7-9(8-15)10-5-6-13-12-4-2-1-3-11(10)12/h1-8,14H. The lowest BCUT2D eigenvalue weighted by atomic mass is 10.0. The molecule has 0 atom stereocenters. The molecule has 0 unspecified atom stereocenters. The van der Waals surface area contributed by atoms with E-state index in [9.17, 15) is 4.79 Å². The van der Waals surface area contributed by atoms with Crippen LogP contribution < -0.4 is 0 Å². The molecule has 15 heavy (non-hydrogen) atoms. The molecule has 0 spiro atoms. The highest BCUT2D eigenvalue weighted by molar-refractivity contribution is 6.11. The molecule has 0 amide bonds. The Hall–Kier alpha value is -2.16. The van der Waals surface area contributed by atoms with Crippen LogP contribution in [0.5, 0.6) is 0 Å². The van der Waals surface area contributed by atoms with E-state index in [1.165, 1.54) is 0 Å². The fraction of sp³-hybridized carbons (Fsp3) is 0. The predicted octanol–water partition coefficient (Wildman–Crippen LogP) is 2.33. The Labute approximate surface area is 86.7 Å². The van der Waals surface area contributed by atoms with Crippen LogP contribution in [-0.2, 0) is 4.79 Å². The average molecular weight is 199 g/mol. The lowest BCUT2D eigenvalue weighted by Gasteiger charge is -2.03. The van der Waals surface area contributed by atoms with Crippen LogP contribution >= 0.6 is 0 Å².